The van der Waals surface area contributed by atoms with E-state index in [4.69, 9.17) is 22.9 Å². The third-order valence-corrected chi connectivity index (χ3v) is 4.47. The van der Waals surface area contributed by atoms with Crippen molar-refractivity contribution < 1.29 is 0 Å². The van der Waals surface area contributed by atoms with Crippen LogP contribution in [-0.4, -0.2) is 14.5 Å². The number of nitrogens with two attached hydrogens (primary N) is 1. The zero-order chi connectivity index (χ0) is 17.2. The van der Waals surface area contributed by atoms with Gasteiger partial charge in [0.2, 0.25) is 0 Å². The second kappa shape index (κ2) is 6.49. The maximum Gasteiger partial charge on any atom is 0.141 e. The van der Waals surface area contributed by atoms with Gasteiger partial charge in [0.1, 0.15) is 10.8 Å². The third kappa shape index (κ3) is 3.04. The molecule has 0 aliphatic heterocycles. The molecule has 4 rings (SSSR count). The maximum absolute atomic E-state index is 5.78. The van der Waals surface area contributed by atoms with E-state index >= 15 is 0 Å². The summed E-state index contributed by atoms with van der Waals surface area (Å²) in [6.45, 7) is 0.710. The minimum atomic E-state index is 0.417. The standard InChI is InChI=1S/C21H17N3S/c22-20(25)17-10-6-7-15(13-17)14-24-19-12-5-4-11-18(19)23-21(24)16-8-2-1-3-9-16/h1-13H,14H2,(H2,22,25). The summed E-state index contributed by atoms with van der Waals surface area (Å²) < 4.78 is 2.24. The smallest absolute Gasteiger partial charge is 0.141 e. The van der Waals surface area contributed by atoms with E-state index in [1.807, 2.05) is 54.6 Å². The first-order valence-corrected chi connectivity index (χ1v) is 8.52. The molecule has 0 saturated heterocycles. The fourth-order valence-corrected chi connectivity index (χ4v) is 3.18. The Bertz CT molecular complexity index is 1050. The molecule has 3 aromatic carbocycles. The molecule has 25 heavy (non-hydrogen) atoms. The van der Waals surface area contributed by atoms with E-state index in [0.29, 0.717) is 11.5 Å². The molecular formula is C21H17N3S. The van der Waals surface area contributed by atoms with Crippen molar-refractivity contribution >= 4 is 28.2 Å². The molecule has 0 aliphatic rings. The van der Waals surface area contributed by atoms with Crippen LogP contribution in [0.4, 0.5) is 0 Å². The number of imidazole rings is 1. The van der Waals surface area contributed by atoms with Gasteiger partial charge in [0.25, 0.3) is 0 Å². The fourth-order valence-electron chi connectivity index (χ4n) is 3.05. The van der Waals surface area contributed by atoms with Crippen LogP contribution in [-0.2, 0) is 6.54 Å². The minimum Gasteiger partial charge on any atom is -0.389 e. The van der Waals surface area contributed by atoms with Gasteiger partial charge in [-0.05, 0) is 23.8 Å². The molecule has 0 bridgehead atoms. The Morgan fingerprint density at radius 3 is 2.48 bits per heavy atom. The first-order chi connectivity index (χ1) is 12.2. The van der Waals surface area contributed by atoms with E-state index in [1.165, 1.54) is 0 Å². The number of rotatable bonds is 4. The summed E-state index contributed by atoms with van der Waals surface area (Å²) in [7, 11) is 0. The van der Waals surface area contributed by atoms with Crippen LogP contribution in [0.15, 0.2) is 78.9 Å². The Kier molecular flexibility index (Phi) is 4.04. The Morgan fingerprint density at radius 1 is 0.920 bits per heavy atom. The van der Waals surface area contributed by atoms with Crippen molar-refractivity contribution in [2.24, 2.45) is 5.73 Å². The van der Waals surface area contributed by atoms with Crippen LogP contribution in [0.25, 0.3) is 22.4 Å². The number of hydrogen-bond acceptors (Lipinski definition) is 2. The third-order valence-electron chi connectivity index (χ3n) is 4.24. The summed E-state index contributed by atoms with van der Waals surface area (Å²) >= 11 is 5.11. The van der Waals surface area contributed by atoms with E-state index < -0.39 is 0 Å². The normalized spacial score (nSPS) is 10.9. The molecule has 0 unspecified atom stereocenters. The molecule has 0 aliphatic carbocycles. The van der Waals surface area contributed by atoms with Gasteiger partial charge in [-0.1, -0.05) is 72.9 Å². The number of benzene rings is 3. The Balaban J connectivity index is 1.86. The molecule has 1 aromatic heterocycles. The van der Waals surface area contributed by atoms with E-state index in [-0.39, 0.29) is 0 Å². The lowest BCUT2D eigenvalue weighted by molar-refractivity contribution is 0.834. The molecule has 1 heterocycles. The van der Waals surface area contributed by atoms with Crippen molar-refractivity contribution in [1.29, 1.82) is 0 Å². The van der Waals surface area contributed by atoms with Crippen LogP contribution in [0.2, 0.25) is 0 Å². The highest BCUT2D eigenvalue weighted by molar-refractivity contribution is 7.80. The maximum atomic E-state index is 5.78. The van der Waals surface area contributed by atoms with Gasteiger partial charge in [0, 0.05) is 17.7 Å². The van der Waals surface area contributed by atoms with Crippen molar-refractivity contribution in [3.8, 4) is 11.4 Å². The average Bonchev–Trinajstić information content (AvgIpc) is 3.01. The molecule has 3 nitrogen and oxygen atoms in total. The van der Waals surface area contributed by atoms with Crippen LogP contribution in [0, 0.1) is 0 Å². The van der Waals surface area contributed by atoms with Crippen molar-refractivity contribution in [2.45, 2.75) is 6.54 Å². The summed E-state index contributed by atoms with van der Waals surface area (Å²) in [5.74, 6) is 0.961. The molecule has 0 spiro atoms. The second-order valence-corrected chi connectivity index (χ2v) is 6.38. The number of hydrogen-bond donors (Lipinski definition) is 1. The second-order valence-electron chi connectivity index (χ2n) is 5.94. The summed E-state index contributed by atoms with van der Waals surface area (Å²) in [6.07, 6.45) is 0. The van der Waals surface area contributed by atoms with Crippen LogP contribution >= 0.6 is 12.2 Å². The molecule has 2 N–H and O–H groups in total. The Labute approximate surface area is 151 Å². The highest BCUT2D eigenvalue weighted by Gasteiger charge is 2.12. The summed E-state index contributed by atoms with van der Waals surface area (Å²) in [4.78, 5) is 5.27. The molecule has 4 aromatic rings. The van der Waals surface area contributed by atoms with Gasteiger partial charge in [-0.3, -0.25) is 0 Å². The van der Waals surface area contributed by atoms with Gasteiger partial charge in [0.15, 0.2) is 0 Å². The Morgan fingerprint density at radius 2 is 1.68 bits per heavy atom. The van der Waals surface area contributed by atoms with Gasteiger partial charge in [-0.25, -0.2) is 4.98 Å². The molecular weight excluding hydrogens is 326 g/mol. The zero-order valence-electron chi connectivity index (χ0n) is 13.6. The van der Waals surface area contributed by atoms with Crippen LogP contribution in [0.5, 0.6) is 0 Å². The first kappa shape index (κ1) is 15.5. The average molecular weight is 343 g/mol. The molecule has 4 heteroatoms. The summed E-state index contributed by atoms with van der Waals surface area (Å²) in [6, 6.07) is 26.5. The molecule has 0 radical (unpaired) electrons. The molecule has 0 amide bonds. The lowest BCUT2D eigenvalue weighted by Gasteiger charge is -2.11. The van der Waals surface area contributed by atoms with Crippen molar-refractivity contribution in [3.63, 3.8) is 0 Å². The Hall–Kier alpha value is -2.98. The van der Waals surface area contributed by atoms with Gasteiger partial charge in [-0.2, -0.15) is 0 Å². The van der Waals surface area contributed by atoms with Crippen molar-refractivity contribution in [1.82, 2.24) is 9.55 Å². The summed E-state index contributed by atoms with van der Waals surface area (Å²) in [5, 5.41) is 0. The van der Waals surface area contributed by atoms with Gasteiger partial charge in [-0.15, -0.1) is 0 Å². The predicted octanol–water partition coefficient (Wildman–Crippen LogP) is 4.39. The number of nitrogens with zero attached hydrogens (tertiary/aromatic N) is 2. The largest absolute Gasteiger partial charge is 0.389 e. The molecule has 0 saturated carbocycles. The van der Waals surface area contributed by atoms with Crippen molar-refractivity contribution in [2.75, 3.05) is 0 Å². The SMILES string of the molecule is NC(=S)c1cccc(Cn2c(-c3ccccc3)nc3ccccc32)c1. The van der Waals surface area contributed by atoms with Crippen LogP contribution < -0.4 is 5.73 Å². The number of fused-ring (bicyclic) bond motifs is 1. The lowest BCUT2D eigenvalue weighted by atomic mass is 10.1. The minimum absolute atomic E-state index is 0.417. The number of aromatic nitrogens is 2. The monoisotopic (exact) mass is 343 g/mol. The summed E-state index contributed by atoms with van der Waals surface area (Å²) in [5.41, 5.74) is 11.0. The number of thiocarbonyl (C=S) groups is 1. The zero-order valence-corrected chi connectivity index (χ0v) is 14.4. The van der Waals surface area contributed by atoms with Gasteiger partial charge < -0.3 is 10.3 Å². The molecule has 122 valence electrons. The van der Waals surface area contributed by atoms with Gasteiger partial charge in [0.05, 0.1) is 11.0 Å². The van der Waals surface area contributed by atoms with Gasteiger partial charge >= 0.3 is 0 Å². The lowest BCUT2D eigenvalue weighted by Crippen LogP contribution is -2.10. The molecule has 0 atom stereocenters. The fraction of sp³-hybridized carbons (Fsp3) is 0.0476. The topological polar surface area (TPSA) is 43.8 Å². The van der Waals surface area contributed by atoms with E-state index in [0.717, 1.165) is 33.5 Å². The number of para-hydroxylation sites is 2. The predicted molar refractivity (Wildman–Crippen MR) is 107 cm³/mol. The van der Waals surface area contributed by atoms with E-state index in [1.54, 1.807) is 0 Å². The quantitative estimate of drug-likeness (QED) is 0.559. The molecule has 0 fully saturated rings. The van der Waals surface area contributed by atoms with Crippen LogP contribution in [0.3, 0.4) is 0 Å². The highest BCUT2D eigenvalue weighted by atomic mass is 32.1. The van der Waals surface area contributed by atoms with E-state index in [9.17, 15) is 0 Å². The van der Waals surface area contributed by atoms with E-state index in [2.05, 4.69) is 28.8 Å². The first-order valence-electron chi connectivity index (χ1n) is 8.12. The highest BCUT2D eigenvalue weighted by Crippen LogP contribution is 2.25. The van der Waals surface area contributed by atoms with Crippen LogP contribution in [0.1, 0.15) is 11.1 Å². The van der Waals surface area contributed by atoms with Crippen molar-refractivity contribution in [3.05, 3.63) is 90.0 Å².